The SMILES string of the molecule is CC1(CC2Cc3cc(F)ccc3O2)CNC1. The molecular weight excluding hydrogens is 205 g/mol. The van der Waals surface area contributed by atoms with Crippen molar-refractivity contribution in [3.8, 4) is 5.75 Å². The Labute approximate surface area is 94.8 Å². The Morgan fingerprint density at radius 2 is 2.31 bits per heavy atom. The molecule has 2 aliphatic heterocycles. The standard InChI is InChI=1S/C13H16FNO/c1-13(7-15-8-13)6-11-5-9-4-10(14)2-3-12(9)16-11/h2-4,11,15H,5-8H2,1H3. The second-order valence-electron chi connectivity index (χ2n) is 5.31. The molecule has 0 aromatic heterocycles. The molecule has 0 amide bonds. The number of hydrogen-bond acceptors (Lipinski definition) is 2. The van der Waals surface area contributed by atoms with E-state index in [0.717, 1.165) is 37.2 Å². The average Bonchev–Trinajstić information content (AvgIpc) is 2.56. The lowest BCUT2D eigenvalue weighted by Crippen LogP contribution is -2.53. The van der Waals surface area contributed by atoms with Crippen molar-refractivity contribution in [2.45, 2.75) is 25.9 Å². The predicted octanol–water partition coefficient (Wildman–Crippen LogP) is 2.13. The minimum Gasteiger partial charge on any atom is -0.490 e. The molecule has 1 aromatic carbocycles. The molecule has 2 nitrogen and oxygen atoms in total. The molecule has 0 saturated carbocycles. The molecule has 1 saturated heterocycles. The second kappa shape index (κ2) is 3.45. The van der Waals surface area contributed by atoms with Crippen molar-refractivity contribution >= 4 is 0 Å². The fraction of sp³-hybridized carbons (Fsp3) is 0.538. The number of nitrogens with one attached hydrogen (secondary N) is 1. The van der Waals surface area contributed by atoms with E-state index in [1.165, 1.54) is 6.07 Å². The van der Waals surface area contributed by atoms with Crippen molar-refractivity contribution < 1.29 is 9.13 Å². The summed E-state index contributed by atoms with van der Waals surface area (Å²) in [7, 11) is 0. The van der Waals surface area contributed by atoms with Gasteiger partial charge in [-0.2, -0.15) is 0 Å². The Balaban J connectivity index is 1.70. The van der Waals surface area contributed by atoms with E-state index < -0.39 is 0 Å². The van der Waals surface area contributed by atoms with Gasteiger partial charge in [-0.05, 0) is 30.0 Å². The minimum absolute atomic E-state index is 0.167. The third kappa shape index (κ3) is 1.69. The molecule has 0 aliphatic carbocycles. The lowest BCUT2D eigenvalue weighted by Gasteiger charge is -2.40. The zero-order valence-corrected chi connectivity index (χ0v) is 9.42. The molecular formula is C13H16FNO. The van der Waals surface area contributed by atoms with Crippen LogP contribution in [0.2, 0.25) is 0 Å². The predicted molar refractivity (Wildman–Crippen MR) is 60.1 cm³/mol. The van der Waals surface area contributed by atoms with E-state index in [-0.39, 0.29) is 11.9 Å². The van der Waals surface area contributed by atoms with Crippen LogP contribution < -0.4 is 10.1 Å². The number of halogens is 1. The van der Waals surface area contributed by atoms with E-state index in [9.17, 15) is 4.39 Å². The number of benzene rings is 1. The maximum Gasteiger partial charge on any atom is 0.123 e. The van der Waals surface area contributed by atoms with Crippen molar-refractivity contribution in [2.24, 2.45) is 5.41 Å². The summed E-state index contributed by atoms with van der Waals surface area (Å²) in [6.45, 7) is 4.41. The molecule has 1 N–H and O–H groups in total. The normalized spacial score (nSPS) is 25.8. The first-order valence-electron chi connectivity index (χ1n) is 5.80. The molecule has 0 radical (unpaired) electrons. The number of ether oxygens (including phenoxy) is 1. The minimum atomic E-state index is -0.167. The van der Waals surface area contributed by atoms with Gasteiger partial charge in [-0.1, -0.05) is 6.92 Å². The summed E-state index contributed by atoms with van der Waals surface area (Å²) in [4.78, 5) is 0. The third-order valence-corrected chi connectivity index (χ3v) is 3.59. The fourth-order valence-electron chi connectivity index (χ4n) is 2.65. The van der Waals surface area contributed by atoms with Gasteiger partial charge in [-0.3, -0.25) is 0 Å². The van der Waals surface area contributed by atoms with E-state index in [1.807, 2.05) is 0 Å². The summed E-state index contributed by atoms with van der Waals surface area (Å²) in [5, 5.41) is 3.29. The summed E-state index contributed by atoms with van der Waals surface area (Å²) >= 11 is 0. The van der Waals surface area contributed by atoms with Crippen molar-refractivity contribution in [3.63, 3.8) is 0 Å². The van der Waals surface area contributed by atoms with Gasteiger partial charge in [0.2, 0.25) is 0 Å². The fourth-order valence-corrected chi connectivity index (χ4v) is 2.65. The zero-order valence-electron chi connectivity index (χ0n) is 9.42. The molecule has 86 valence electrons. The summed E-state index contributed by atoms with van der Waals surface area (Å²) < 4.78 is 18.9. The number of rotatable bonds is 2. The van der Waals surface area contributed by atoms with E-state index in [2.05, 4.69) is 12.2 Å². The molecule has 16 heavy (non-hydrogen) atoms. The molecule has 1 atom stereocenters. The van der Waals surface area contributed by atoms with E-state index in [1.54, 1.807) is 12.1 Å². The van der Waals surface area contributed by atoms with Crippen molar-refractivity contribution in [3.05, 3.63) is 29.6 Å². The van der Waals surface area contributed by atoms with Crippen LogP contribution in [-0.4, -0.2) is 19.2 Å². The van der Waals surface area contributed by atoms with Crippen LogP contribution in [0.1, 0.15) is 18.9 Å². The van der Waals surface area contributed by atoms with Crippen molar-refractivity contribution in [2.75, 3.05) is 13.1 Å². The second-order valence-corrected chi connectivity index (χ2v) is 5.31. The van der Waals surface area contributed by atoms with E-state index in [4.69, 9.17) is 4.74 Å². The van der Waals surface area contributed by atoms with Crippen LogP contribution in [0, 0.1) is 11.2 Å². The lowest BCUT2D eigenvalue weighted by molar-refractivity contribution is 0.100. The quantitative estimate of drug-likeness (QED) is 0.826. The third-order valence-electron chi connectivity index (χ3n) is 3.59. The summed E-state index contributed by atoms with van der Waals surface area (Å²) in [5.41, 5.74) is 1.38. The monoisotopic (exact) mass is 221 g/mol. The first kappa shape index (κ1) is 10.1. The summed E-state index contributed by atoms with van der Waals surface area (Å²) in [6.07, 6.45) is 2.13. The van der Waals surface area contributed by atoms with Crippen LogP contribution in [0.25, 0.3) is 0 Å². The van der Waals surface area contributed by atoms with Crippen molar-refractivity contribution in [1.82, 2.24) is 5.32 Å². The van der Waals surface area contributed by atoms with Crippen LogP contribution in [0.15, 0.2) is 18.2 Å². The van der Waals surface area contributed by atoms with Gasteiger partial charge in [0.1, 0.15) is 17.7 Å². The Morgan fingerprint density at radius 3 is 3.00 bits per heavy atom. The summed E-state index contributed by atoms with van der Waals surface area (Å²) in [6, 6.07) is 4.80. The van der Waals surface area contributed by atoms with Gasteiger partial charge in [0, 0.05) is 25.1 Å². The maximum atomic E-state index is 13.0. The highest BCUT2D eigenvalue weighted by Gasteiger charge is 2.37. The zero-order chi connectivity index (χ0) is 11.2. The molecule has 1 fully saturated rings. The van der Waals surface area contributed by atoms with Crippen LogP contribution in [0.4, 0.5) is 4.39 Å². The Morgan fingerprint density at radius 1 is 1.50 bits per heavy atom. The molecule has 1 aromatic rings. The van der Waals surface area contributed by atoms with E-state index >= 15 is 0 Å². The Kier molecular flexibility index (Phi) is 2.18. The van der Waals surface area contributed by atoms with Crippen molar-refractivity contribution in [1.29, 1.82) is 0 Å². The van der Waals surface area contributed by atoms with Crippen LogP contribution in [-0.2, 0) is 6.42 Å². The average molecular weight is 221 g/mol. The molecule has 0 spiro atoms. The van der Waals surface area contributed by atoms with Gasteiger partial charge in [0.05, 0.1) is 0 Å². The van der Waals surface area contributed by atoms with Crippen LogP contribution >= 0.6 is 0 Å². The van der Waals surface area contributed by atoms with Gasteiger partial charge in [-0.25, -0.2) is 4.39 Å². The molecule has 2 heterocycles. The maximum absolute atomic E-state index is 13.0. The highest BCUT2D eigenvalue weighted by atomic mass is 19.1. The lowest BCUT2D eigenvalue weighted by atomic mass is 9.78. The van der Waals surface area contributed by atoms with Gasteiger partial charge in [0.25, 0.3) is 0 Å². The molecule has 3 rings (SSSR count). The highest BCUT2D eigenvalue weighted by Crippen LogP contribution is 2.36. The largest absolute Gasteiger partial charge is 0.490 e. The highest BCUT2D eigenvalue weighted by molar-refractivity contribution is 5.37. The van der Waals surface area contributed by atoms with Crippen LogP contribution in [0.5, 0.6) is 5.75 Å². The Hall–Kier alpha value is -1.09. The molecule has 1 unspecified atom stereocenters. The van der Waals surface area contributed by atoms with Gasteiger partial charge >= 0.3 is 0 Å². The topological polar surface area (TPSA) is 21.3 Å². The van der Waals surface area contributed by atoms with Gasteiger partial charge < -0.3 is 10.1 Å². The Bertz CT molecular complexity index is 414. The molecule has 3 heteroatoms. The first-order chi connectivity index (χ1) is 7.65. The summed E-state index contributed by atoms with van der Waals surface area (Å²) in [5.74, 6) is 0.696. The molecule has 2 aliphatic rings. The van der Waals surface area contributed by atoms with Gasteiger partial charge in [0.15, 0.2) is 0 Å². The number of fused-ring (bicyclic) bond motifs is 1. The first-order valence-corrected chi connectivity index (χ1v) is 5.80. The smallest absolute Gasteiger partial charge is 0.123 e. The number of hydrogen-bond donors (Lipinski definition) is 1. The van der Waals surface area contributed by atoms with E-state index in [0.29, 0.717) is 5.41 Å². The van der Waals surface area contributed by atoms with Crippen LogP contribution in [0.3, 0.4) is 0 Å². The molecule has 0 bridgehead atoms. The van der Waals surface area contributed by atoms with Gasteiger partial charge in [-0.15, -0.1) is 0 Å².